The molecule has 0 amide bonds. The summed E-state index contributed by atoms with van der Waals surface area (Å²) < 4.78 is 20.9. The Balaban J connectivity index is 1.86. The maximum Gasteiger partial charge on any atom is 0.144 e. The number of aliphatic hydroxyl groups excluding tert-OH is 1. The van der Waals surface area contributed by atoms with Gasteiger partial charge in [-0.1, -0.05) is 91.0 Å². The van der Waals surface area contributed by atoms with E-state index in [1.807, 2.05) is 91.0 Å². The maximum atomic E-state index is 14.3. The molecule has 1 unspecified atom stereocenters. The largest absolute Gasteiger partial charge is 0.386 e. The van der Waals surface area contributed by atoms with Crippen LogP contribution >= 0.6 is 0 Å². The summed E-state index contributed by atoms with van der Waals surface area (Å²) in [6, 6.07) is 30.0. The number of benzene rings is 3. The van der Waals surface area contributed by atoms with Crippen molar-refractivity contribution in [2.45, 2.75) is 24.5 Å². The quantitative estimate of drug-likeness (QED) is 0.588. The molecular formula is C25H23FO2. The minimum absolute atomic E-state index is 0.127. The lowest BCUT2D eigenvalue weighted by Gasteiger charge is -2.36. The van der Waals surface area contributed by atoms with E-state index in [0.717, 1.165) is 16.7 Å². The molecule has 0 saturated heterocycles. The number of rotatable bonds is 6. The van der Waals surface area contributed by atoms with Crippen LogP contribution in [0.2, 0.25) is 0 Å². The number of halogens is 1. The van der Waals surface area contributed by atoms with Crippen LogP contribution in [0.25, 0.3) is 0 Å². The van der Waals surface area contributed by atoms with Crippen molar-refractivity contribution < 1.29 is 14.2 Å². The molecule has 142 valence electrons. The molecule has 3 heteroatoms. The lowest BCUT2D eigenvalue weighted by Crippen LogP contribution is -2.33. The van der Waals surface area contributed by atoms with Crippen LogP contribution in [0.4, 0.5) is 4.39 Å². The normalized spacial score (nSPS) is 17.1. The first-order chi connectivity index (χ1) is 13.7. The predicted molar refractivity (Wildman–Crippen MR) is 109 cm³/mol. The van der Waals surface area contributed by atoms with Gasteiger partial charge in [-0.3, -0.25) is 0 Å². The molecule has 0 bridgehead atoms. The predicted octanol–water partition coefficient (Wildman–Crippen LogP) is 5.37. The molecule has 0 spiro atoms. The SMILES string of the molecule is OC1CCC(COC(c2ccccc2)(c2ccccc2)c2ccccc2)=C1F. The molecule has 4 rings (SSSR count). The van der Waals surface area contributed by atoms with Gasteiger partial charge in [-0.05, 0) is 35.1 Å². The summed E-state index contributed by atoms with van der Waals surface area (Å²) in [5.41, 5.74) is 2.61. The Labute approximate surface area is 164 Å². The van der Waals surface area contributed by atoms with Gasteiger partial charge in [-0.2, -0.15) is 0 Å². The summed E-state index contributed by atoms with van der Waals surface area (Å²) in [5.74, 6) is -0.442. The molecule has 2 nitrogen and oxygen atoms in total. The van der Waals surface area contributed by atoms with E-state index in [1.165, 1.54) is 0 Å². The van der Waals surface area contributed by atoms with Crippen molar-refractivity contribution in [2.75, 3.05) is 6.61 Å². The fraction of sp³-hybridized carbons (Fsp3) is 0.200. The summed E-state index contributed by atoms with van der Waals surface area (Å²) in [6.07, 6.45) is -0.0702. The van der Waals surface area contributed by atoms with E-state index < -0.39 is 17.5 Å². The molecule has 0 radical (unpaired) electrons. The highest BCUT2D eigenvalue weighted by Crippen LogP contribution is 2.41. The Bertz CT molecular complexity index is 839. The van der Waals surface area contributed by atoms with Gasteiger partial charge in [0.15, 0.2) is 0 Å². The van der Waals surface area contributed by atoms with Crippen LogP contribution in [0.3, 0.4) is 0 Å². The smallest absolute Gasteiger partial charge is 0.144 e. The van der Waals surface area contributed by atoms with Crippen molar-refractivity contribution in [1.82, 2.24) is 0 Å². The highest BCUT2D eigenvalue weighted by molar-refractivity contribution is 5.47. The van der Waals surface area contributed by atoms with Crippen LogP contribution in [0, 0.1) is 0 Å². The average molecular weight is 374 g/mol. The van der Waals surface area contributed by atoms with Crippen LogP contribution in [0.5, 0.6) is 0 Å². The second kappa shape index (κ2) is 8.09. The van der Waals surface area contributed by atoms with E-state index in [-0.39, 0.29) is 6.61 Å². The Morgan fingerprint density at radius 3 is 1.57 bits per heavy atom. The van der Waals surface area contributed by atoms with Gasteiger partial charge in [0.25, 0.3) is 0 Å². The van der Waals surface area contributed by atoms with Gasteiger partial charge in [0.05, 0.1) is 6.61 Å². The molecule has 0 aromatic heterocycles. The third kappa shape index (κ3) is 3.39. The minimum atomic E-state index is -1.00. The van der Waals surface area contributed by atoms with Crippen LogP contribution in [-0.4, -0.2) is 17.8 Å². The van der Waals surface area contributed by atoms with Gasteiger partial charge in [0.2, 0.25) is 0 Å². The van der Waals surface area contributed by atoms with E-state index in [1.54, 1.807) is 0 Å². The van der Waals surface area contributed by atoms with Gasteiger partial charge in [0, 0.05) is 0 Å². The molecule has 1 N–H and O–H groups in total. The van der Waals surface area contributed by atoms with E-state index in [4.69, 9.17) is 4.74 Å². The Morgan fingerprint density at radius 2 is 1.21 bits per heavy atom. The topological polar surface area (TPSA) is 29.5 Å². The first-order valence-corrected chi connectivity index (χ1v) is 9.58. The van der Waals surface area contributed by atoms with Gasteiger partial charge < -0.3 is 9.84 Å². The zero-order valence-corrected chi connectivity index (χ0v) is 15.6. The molecule has 1 aliphatic rings. The van der Waals surface area contributed by atoms with E-state index in [9.17, 15) is 9.50 Å². The number of ether oxygens (including phenoxy) is 1. The number of hydrogen-bond acceptors (Lipinski definition) is 2. The highest BCUT2D eigenvalue weighted by Gasteiger charge is 2.38. The lowest BCUT2D eigenvalue weighted by molar-refractivity contribution is 0.0263. The molecule has 3 aromatic rings. The Morgan fingerprint density at radius 1 is 0.786 bits per heavy atom. The van der Waals surface area contributed by atoms with Crippen molar-refractivity contribution in [3.63, 3.8) is 0 Å². The van der Waals surface area contributed by atoms with Crippen LogP contribution < -0.4 is 0 Å². The Kier molecular flexibility index (Phi) is 5.38. The monoisotopic (exact) mass is 374 g/mol. The summed E-state index contributed by atoms with van der Waals surface area (Å²) >= 11 is 0. The average Bonchev–Trinajstić information content (AvgIpc) is 3.09. The summed E-state index contributed by atoms with van der Waals surface area (Å²) in [6.45, 7) is 0.127. The molecule has 28 heavy (non-hydrogen) atoms. The molecule has 0 saturated carbocycles. The zero-order chi connectivity index (χ0) is 19.4. The molecule has 0 heterocycles. The van der Waals surface area contributed by atoms with Crippen molar-refractivity contribution in [3.05, 3.63) is 119 Å². The number of hydrogen-bond donors (Lipinski definition) is 1. The van der Waals surface area contributed by atoms with Crippen molar-refractivity contribution >= 4 is 0 Å². The van der Waals surface area contributed by atoms with Crippen molar-refractivity contribution in [2.24, 2.45) is 0 Å². The third-order valence-corrected chi connectivity index (χ3v) is 5.35. The van der Waals surface area contributed by atoms with Crippen LogP contribution in [0.15, 0.2) is 102 Å². The minimum Gasteiger partial charge on any atom is -0.386 e. The standard InChI is InChI=1S/C25H23FO2/c26-24-19(16-17-23(24)27)18-28-25(20-10-4-1-5-11-20,21-12-6-2-7-13-21)22-14-8-3-9-15-22/h1-15,23,27H,16-18H2. The molecule has 0 fully saturated rings. The van der Waals surface area contributed by atoms with Gasteiger partial charge in [0.1, 0.15) is 17.5 Å². The number of aliphatic hydroxyl groups is 1. The van der Waals surface area contributed by atoms with E-state index in [2.05, 4.69) is 0 Å². The Hall–Kier alpha value is -2.75. The second-order valence-electron chi connectivity index (χ2n) is 7.07. The summed E-state index contributed by atoms with van der Waals surface area (Å²) in [7, 11) is 0. The van der Waals surface area contributed by atoms with Crippen LogP contribution in [-0.2, 0) is 10.3 Å². The molecule has 0 aliphatic heterocycles. The molecule has 3 aromatic carbocycles. The highest BCUT2D eigenvalue weighted by atomic mass is 19.1. The zero-order valence-electron chi connectivity index (χ0n) is 15.6. The first-order valence-electron chi connectivity index (χ1n) is 9.58. The summed E-state index contributed by atoms with van der Waals surface area (Å²) in [4.78, 5) is 0. The second-order valence-corrected chi connectivity index (χ2v) is 7.07. The van der Waals surface area contributed by atoms with Crippen molar-refractivity contribution in [3.8, 4) is 0 Å². The fourth-order valence-corrected chi connectivity index (χ4v) is 3.90. The lowest BCUT2D eigenvalue weighted by atomic mass is 9.80. The fourth-order valence-electron chi connectivity index (χ4n) is 3.90. The molecular weight excluding hydrogens is 351 g/mol. The van der Waals surface area contributed by atoms with Gasteiger partial charge >= 0.3 is 0 Å². The van der Waals surface area contributed by atoms with Gasteiger partial charge in [-0.15, -0.1) is 0 Å². The van der Waals surface area contributed by atoms with Crippen LogP contribution in [0.1, 0.15) is 29.5 Å². The van der Waals surface area contributed by atoms with E-state index >= 15 is 0 Å². The molecule has 1 atom stereocenters. The third-order valence-electron chi connectivity index (χ3n) is 5.35. The first kappa shape index (κ1) is 18.6. The van der Waals surface area contributed by atoms with Crippen molar-refractivity contribution in [1.29, 1.82) is 0 Å². The maximum absolute atomic E-state index is 14.3. The molecule has 1 aliphatic carbocycles. The summed E-state index contributed by atoms with van der Waals surface area (Å²) in [5, 5.41) is 9.76. The van der Waals surface area contributed by atoms with E-state index in [0.29, 0.717) is 18.4 Å². The van der Waals surface area contributed by atoms with Gasteiger partial charge in [-0.25, -0.2) is 4.39 Å².